The number of likely N-dealkylation sites (tertiary alicyclic amines) is 1. The molecule has 2 amide bonds. The maximum Gasteiger partial charge on any atom is 0.317 e. The number of urea groups is 1. The molecule has 2 atom stereocenters. The molecule has 0 spiro atoms. The molecule has 2 unspecified atom stereocenters. The molecular formula is C14H26N2O3. The third kappa shape index (κ3) is 5.94. The minimum Gasteiger partial charge on any atom is -0.481 e. The van der Waals surface area contributed by atoms with E-state index in [0.29, 0.717) is 24.8 Å². The number of carbonyl (C=O) groups excluding carboxylic acids is 1. The predicted molar refractivity (Wildman–Crippen MR) is 74.0 cm³/mol. The van der Waals surface area contributed by atoms with E-state index in [-0.39, 0.29) is 12.5 Å². The van der Waals surface area contributed by atoms with Gasteiger partial charge in [-0.25, -0.2) is 4.79 Å². The van der Waals surface area contributed by atoms with Crippen molar-refractivity contribution in [3.63, 3.8) is 0 Å². The van der Waals surface area contributed by atoms with Crippen molar-refractivity contribution in [3.05, 3.63) is 0 Å². The van der Waals surface area contributed by atoms with Crippen LogP contribution in [0, 0.1) is 11.8 Å². The highest BCUT2D eigenvalue weighted by atomic mass is 16.4. The van der Waals surface area contributed by atoms with Gasteiger partial charge in [-0.05, 0) is 31.1 Å². The standard InChI is InChI=1S/C14H26N2O3/c1-3-12(4-5-13(17)18)6-8-15-14(19)16-9-7-11(2)10-16/h11-12H,3-10H2,1-2H3,(H,15,19)(H,17,18). The van der Waals surface area contributed by atoms with Crippen molar-refractivity contribution < 1.29 is 14.7 Å². The summed E-state index contributed by atoms with van der Waals surface area (Å²) in [5.41, 5.74) is 0. The van der Waals surface area contributed by atoms with Gasteiger partial charge >= 0.3 is 12.0 Å². The number of carboxylic acids is 1. The molecular weight excluding hydrogens is 244 g/mol. The highest BCUT2D eigenvalue weighted by molar-refractivity contribution is 5.74. The van der Waals surface area contributed by atoms with Crippen LogP contribution < -0.4 is 5.32 Å². The molecule has 1 fully saturated rings. The lowest BCUT2D eigenvalue weighted by Gasteiger charge is -2.18. The predicted octanol–water partition coefficient (Wildman–Crippen LogP) is 2.32. The zero-order chi connectivity index (χ0) is 14.3. The lowest BCUT2D eigenvalue weighted by Crippen LogP contribution is -2.39. The Morgan fingerprint density at radius 3 is 2.68 bits per heavy atom. The zero-order valence-corrected chi connectivity index (χ0v) is 12.0. The van der Waals surface area contributed by atoms with Crippen LogP contribution in [0.25, 0.3) is 0 Å². The molecule has 0 saturated carbocycles. The number of nitrogens with zero attached hydrogens (tertiary/aromatic N) is 1. The second-order valence-electron chi connectivity index (χ2n) is 5.57. The van der Waals surface area contributed by atoms with Crippen LogP contribution in [0.1, 0.15) is 46.0 Å². The second kappa shape index (κ2) is 8.02. The van der Waals surface area contributed by atoms with E-state index >= 15 is 0 Å². The number of rotatable bonds is 7. The maximum atomic E-state index is 11.8. The number of hydrogen-bond acceptors (Lipinski definition) is 2. The SMILES string of the molecule is CCC(CCNC(=O)N1CCC(C)C1)CCC(=O)O. The van der Waals surface area contributed by atoms with E-state index in [9.17, 15) is 9.59 Å². The van der Waals surface area contributed by atoms with Crippen LogP contribution in [-0.2, 0) is 4.79 Å². The van der Waals surface area contributed by atoms with Gasteiger partial charge < -0.3 is 15.3 Å². The minimum atomic E-state index is -0.742. The van der Waals surface area contributed by atoms with Crippen LogP contribution in [0.15, 0.2) is 0 Å². The largest absolute Gasteiger partial charge is 0.481 e. The molecule has 1 aliphatic rings. The van der Waals surface area contributed by atoms with Gasteiger partial charge in [0.1, 0.15) is 0 Å². The number of nitrogens with one attached hydrogen (secondary N) is 1. The fourth-order valence-corrected chi connectivity index (χ4v) is 2.49. The Labute approximate surface area is 115 Å². The van der Waals surface area contributed by atoms with Crippen molar-refractivity contribution in [3.8, 4) is 0 Å². The number of carboxylic acid groups (broad SMARTS) is 1. The van der Waals surface area contributed by atoms with Crippen LogP contribution >= 0.6 is 0 Å². The average Bonchev–Trinajstić information content (AvgIpc) is 2.79. The smallest absolute Gasteiger partial charge is 0.317 e. The van der Waals surface area contributed by atoms with Crippen molar-refractivity contribution in [1.29, 1.82) is 0 Å². The molecule has 1 heterocycles. The van der Waals surface area contributed by atoms with E-state index in [1.807, 2.05) is 4.90 Å². The lowest BCUT2D eigenvalue weighted by molar-refractivity contribution is -0.137. The van der Waals surface area contributed by atoms with Crippen molar-refractivity contribution in [2.75, 3.05) is 19.6 Å². The maximum absolute atomic E-state index is 11.8. The molecule has 1 saturated heterocycles. The third-order valence-corrected chi connectivity index (χ3v) is 3.88. The van der Waals surface area contributed by atoms with E-state index in [1.165, 1.54) is 0 Å². The summed E-state index contributed by atoms with van der Waals surface area (Å²) in [5.74, 6) is 0.243. The van der Waals surface area contributed by atoms with E-state index in [4.69, 9.17) is 5.11 Å². The van der Waals surface area contributed by atoms with Crippen molar-refractivity contribution in [2.45, 2.75) is 46.0 Å². The van der Waals surface area contributed by atoms with Crippen LogP contribution in [0.3, 0.4) is 0 Å². The van der Waals surface area contributed by atoms with Gasteiger partial charge in [0, 0.05) is 26.1 Å². The monoisotopic (exact) mass is 270 g/mol. The summed E-state index contributed by atoms with van der Waals surface area (Å²) in [5, 5.41) is 11.6. The zero-order valence-electron chi connectivity index (χ0n) is 12.0. The molecule has 19 heavy (non-hydrogen) atoms. The molecule has 0 bridgehead atoms. The highest BCUT2D eigenvalue weighted by Gasteiger charge is 2.22. The van der Waals surface area contributed by atoms with E-state index in [2.05, 4.69) is 19.2 Å². The summed E-state index contributed by atoms with van der Waals surface area (Å²) < 4.78 is 0. The summed E-state index contributed by atoms with van der Waals surface area (Å²) in [4.78, 5) is 24.2. The van der Waals surface area contributed by atoms with Gasteiger partial charge in [0.05, 0.1) is 0 Å². The topological polar surface area (TPSA) is 69.6 Å². The number of amides is 2. The van der Waals surface area contributed by atoms with Gasteiger partial charge in [0.2, 0.25) is 0 Å². The quantitative estimate of drug-likeness (QED) is 0.746. The molecule has 0 aromatic rings. The molecule has 2 N–H and O–H groups in total. The second-order valence-corrected chi connectivity index (χ2v) is 5.57. The molecule has 0 aromatic carbocycles. The molecule has 110 valence electrons. The Bertz CT molecular complexity index is 307. The molecule has 1 aliphatic heterocycles. The molecule has 0 aliphatic carbocycles. The molecule has 0 aromatic heterocycles. The molecule has 5 nitrogen and oxygen atoms in total. The van der Waals surface area contributed by atoms with Gasteiger partial charge in [-0.1, -0.05) is 20.3 Å². The Morgan fingerprint density at radius 2 is 2.16 bits per heavy atom. The van der Waals surface area contributed by atoms with Crippen molar-refractivity contribution in [1.82, 2.24) is 10.2 Å². The molecule has 5 heteroatoms. The first-order valence-corrected chi connectivity index (χ1v) is 7.27. The number of carbonyl (C=O) groups is 2. The minimum absolute atomic E-state index is 0.0254. The van der Waals surface area contributed by atoms with Gasteiger partial charge in [0.15, 0.2) is 0 Å². The summed E-state index contributed by atoms with van der Waals surface area (Å²) in [6.45, 7) is 6.57. The summed E-state index contributed by atoms with van der Waals surface area (Å²) in [6, 6.07) is 0.0254. The van der Waals surface area contributed by atoms with Gasteiger partial charge in [0.25, 0.3) is 0 Å². The Balaban J connectivity index is 2.17. The van der Waals surface area contributed by atoms with Crippen molar-refractivity contribution >= 4 is 12.0 Å². The first-order chi connectivity index (χ1) is 9.02. The van der Waals surface area contributed by atoms with E-state index < -0.39 is 5.97 Å². The highest BCUT2D eigenvalue weighted by Crippen LogP contribution is 2.16. The summed E-state index contributed by atoms with van der Waals surface area (Å²) in [6.07, 6.45) is 3.82. The van der Waals surface area contributed by atoms with Gasteiger partial charge in [-0.15, -0.1) is 0 Å². The fourth-order valence-electron chi connectivity index (χ4n) is 2.49. The summed E-state index contributed by atoms with van der Waals surface area (Å²) >= 11 is 0. The van der Waals surface area contributed by atoms with Gasteiger partial charge in [-0.3, -0.25) is 4.79 Å². The number of aliphatic carboxylic acids is 1. The van der Waals surface area contributed by atoms with Crippen LogP contribution in [0.4, 0.5) is 4.79 Å². The van der Waals surface area contributed by atoms with Crippen LogP contribution in [-0.4, -0.2) is 41.6 Å². The average molecular weight is 270 g/mol. The van der Waals surface area contributed by atoms with Crippen LogP contribution in [0.2, 0.25) is 0 Å². The Morgan fingerprint density at radius 1 is 1.42 bits per heavy atom. The fraction of sp³-hybridized carbons (Fsp3) is 0.857. The van der Waals surface area contributed by atoms with Crippen LogP contribution in [0.5, 0.6) is 0 Å². The number of hydrogen-bond donors (Lipinski definition) is 2. The summed E-state index contributed by atoms with van der Waals surface area (Å²) in [7, 11) is 0. The first kappa shape index (κ1) is 15.8. The van der Waals surface area contributed by atoms with Crippen molar-refractivity contribution in [2.24, 2.45) is 11.8 Å². The Hall–Kier alpha value is -1.26. The first-order valence-electron chi connectivity index (χ1n) is 7.27. The van der Waals surface area contributed by atoms with Gasteiger partial charge in [-0.2, -0.15) is 0 Å². The normalized spacial score (nSPS) is 20.3. The van der Waals surface area contributed by atoms with E-state index in [1.54, 1.807) is 0 Å². The Kier molecular flexibility index (Phi) is 6.67. The molecule has 0 radical (unpaired) electrons. The van der Waals surface area contributed by atoms with E-state index in [0.717, 1.165) is 32.4 Å². The third-order valence-electron chi connectivity index (χ3n) is 3.88. The lowest BCUT2D eigenvalue weighted by atomic mass is 9.97. The molecule has 1 rings (SSSR count).